The van der Waals surface area contributed by atoms with Crippen LogP contribution in [0, 0.1) is 0 Å². The van der Waals surface area contributed by atoms with Crippen molar-refractivity contribution in [2.24, 2.45) is 4.99 Å². The van der Waals surface area contributed by atoms with Gasteiger partial charge in [0.25, 0.3) is 0 Å². The van der Waals surface area contributed by atoms with Gasteiger partial charge >= 0.3 is 154 Å². The Hall–Kier alpha value is -2.42. The molecule has 0 radical (unpaired) electrons. The summed E-state index contributed by atoms with van der Waals surface area (Å²) >= 11 is -0.424. The van der Waals surface area contributed by atoms with Gasteiger partial charge in [-0.2, -0.15) is 0 Å². The zero-order chi connectivity index (χ0) is 16.4. The maximum atomic E-state index is 5.82. The fraction of sp³-hybridized carbons (Fsp3) is 0.0455. The molecule has 116 valence electrons. The van der Waals surface area contributed by atoms with Crippen LogP contribution in [-0.2, 0) is 19.2 Å². The number of ether oxygens (including phenoxy) is 1. The Morgan fingerprint density at radius 2 is 1.92 bits per heavy atom. The van der Waals surface area contributed by atoms with E-state index in [2.05, 4.69) is 66.8 Å². The Morgan fingerprint density at radius 3 is 2.92 bits per heavy atom. The summed E-state index contributed by atoms with van der Waals surface area (Å²) in [7, 11) is 0. The number of hydrogen-bond acceptors (Lipinski definition) is 2. The number of allylic oxidation sites excluding steroid dienone is 4. The van der Waals surface area contributed by atoms with Gasteiger partial charge in [0, 0.05) is 0 Å². The molecule has 0 N–H and O–H groups in total. The third kappa shape index (κ3) is 1.92. The van der Waals surface area contributed by atoms with Crippen molar-refractivity contribution in [3.05, 3.63) is 90.8 Å². The molecule has 0 amide bonds. The van der Waals surface area contributed by atoms with Gasteiger partial charge in [0.1, 0.15) is 0 Å². The van der Waals surface area contributed by atoms with E-state index in [1.807, 2.05) is 0 Å². The van der Waals surface area contributed by atoms with E-state index >= 15 is 0 Å². The van der Waals surface area contributed by atoms with E-state index < -0.39 is 19.2 Å². The molecule has 6 rings (SSSR count). The van der Waals surface area contributed by atoms with Crippen molar-refractivity contribution in [1.82, 2.24) is 0 Å². The fourth-order valence-corrected chi connectivity index (χ4v) is 6.05. The van der Waals surface area contributed by atoms with E-state index in [0.717, 1.165) is 16.8 Å². The molecule has 4 aliphatic rings. The normalized spacial score (nSPS) is 17.8. The molecule has 0 fully saturated rings. The second-order valence-corrected chi connectivity index (χ2v) is 8.54. The van der Waals surface area contributed by atoms with E-state index in [1.165, 1.54) is 34.5 Å². The molecule has 0 aromatic heterocycles. The van der Waals surface area contributed by atoms with Crippen LogP contribution < -0.4 is 25.8 Å². The summed E-state index contributed by atoms with van der Waals surface area (Å²) in [6, 6.07) is 12.9. The first-order valence-corrected chi connectivity index (χ1v) is 10.0. The Kier molecular flexibility index (Phi) is 2.79. The number of rotatable bonds is 2. The van der Waals surface area contributed by atoms with Crippen LogP contribution >= 0.6 is 0 Å². The van der Waals surface area contributed by atoms with Gasteiger partial charge in [0.2, 0.25) is 0 Å². The van der Waals surface area contributed by atoms with Crippen LogP contribution in [-0.4, -0.2) is 6.61 Å². The van der Waals surface area contributed by atoms with Crippen molar-refractivity contribution < 1.29 is 23.9 Å². The van der Waals surface area contributed by atoms with Gasteiger partial charge in [-0.15, -0.1) is 0 Å². The van der Waals surface area contributed by atoms with Gasteiger partial charge < -0.3 is 0 Å². The summed E-state index contributed by atoms with van der Waals surface area (Å²) in [6.45, 7) is 0.694. The Bertz CT molecular complexity index is 1310. The van der Waals surface area contributed by atoms with E-state index in [-0.39, 0.29) is 0 Å². The van der Waals surface area contributed by atoms with Crippen LogP contribution in [0.15, 0.2) is 69.2 Å². The van der Waals surface area contributed by atoms with Gasteiger partial charge in [-0.1, -0.05) is 0 Å². The molecule has 2 heterocycles. The zero-order valence-corrected chi connectivity index (χ0v) is 15.0. The zero-order valence-electron chi connectivity index (χ0n) is 13.4. The van der Waals surface area contributed by atoms with Crippen molar-refractivity contribution in [2.75, 3.05) is 6.61 Å². The molecular formula is C22H13NOTi. The first-order valence-electron chi connectivity index (χ1n) is 8.45. The summed E-state index contributed by atoms with van der Waals surface area (Å²) < 4.78 is 8.78. The molecule has 2 aliphatic carbocycles. The third-order valence-electron chi connectivity index (χ3n) is 5.08. The van der Waals surface area contributed by atoms with Crippen molar-refractivity contribution in [1.29, 1.82) is 0 Å². The standard InChI is InChI=1S/C11H6N.C11H7O.Ti/c1-2-6-10-8(4-1)9-5-3-7-11(9)12-10;1-2-8-4-5-9-6-7-12-11(9)10(8)3-1;/h1-4,6-7H;1,3-6H,7H2;. The number of nitrogens with zero attached hydrogens (tertiary/aromatic N) is 1. The van der Waals surface area contributed by atoms with Crippen LogP contribution in [0.2, 0.25) is 0 Å². The number of para-hydroxylation sites is 1. The second-order valence-electron chi connectivity index (χ2n) is 6.47. The van der Waals surface area contributed by atoms with Gasteiger partial charge in [0.15, 0.2) is 0 Å². The van der Waals surface area contributed by atoms with Crippen LogP contribution in [0.1, 0.15) is 5.56 Å². The first-order chi connectivity index (χ1) is 12.4. The molecule has 0 bridgehead atoms. The number of benzene rings is 2. The summed E-state index contributed by atoms with van der Waals surface area (Å²) in [5.41, 5.74) is 3.75. The molecular weight excluding hydrogens is 342 g/mol. The quantitative estimate of drug-likeness (QED) is 0.746. The molecule has 0 spiro atoms. The maximum absolute atomic E-state index is 5.82. The van der Waals surface area contributed by atoms with Crippen LogP contribution in [0.4, 0.5) is 0 Å². The van der Waals surface area contributed by atoms with E-state index in [1.54, 1.807) is 0 Å². The molecule has 25 heavy (non-hydrogen) atoms. The number of fused-ring (bicyclic) bond motifs is 5. The Morgan fingerprint density at radius 1 is 0.960 bits per heavy atom. The average Bonchev–Trinajstić information content (AvgIpc) is 3.38. The number of hydrogen-bond donors (Lipinski definition) is 0. The molecule has 0 unspecified atom stereocenters. The molecule has 3 heteroatoms. The molecule has 2 aromatic rings. The average molecular weight is 355 g/mol. The fourth-order valence-electron chi connectivity index (χ4n) is 3.92. The molecule has 0 saturated heterocycles. The predicted octanol–water partition coefficient (Wildman–Crippen LogP) is 1.34. The summed E-state index contributed by atoms with van der Waals surface area (Å²) in [6.07, 6.45) is 11.1. The van der Waals surface area contributed by atoms with E-state index in [4.69, 9.17) is 9.73 Å². The van der Waals surface area contributed by atoms with E-state index in [9.17, 15) is 0 Å². The van der Waals surface area contributed by atoms with Crippen LogP contribution in [0.25, 0.3) is 21.6 Å². The summed E-state index contributed by atoms with van der Waals surface area (Å²) in [5, 5.41) is 4.98. The molecule has 0 saturated carbocycles. The van der Waals surface area contributed by atoms with Crippen molar-refractivity contribution in [2.45, 2.75) is 0 Å². The molecule has 2 nitrogen and oxygen atoms in total. The monoisotopic (exact) mass is 355 g/mol. The van der Waals surface area contributed by atoms with Crippen molar-refractivity contribution >= 4 is 21.6 Å². The summed E-state index contributed by atoms with van der Waals surface area (Å²) in [4.78, 5) is 4.77. The van der Waals surface area contributed by atoms with Crippen LogP contribution in [0.3, 0.4) is 0 Å². The molecule has 2 aliphatic heterocycles. The van der Waals surface area contributed by atoms with Gasteiger partial charge in [-0.3, -0.25) is 0 Å². The third-order valence-corrected chi connectivity index (χ3v) is 7.25. The van der Waals surface area contributed by atoms with Gasteiger partial charge in [-0.25, -0.2) is 0 Å². The topological polar surface area (TPSA) is 21.6 Å². The Labute approximate surface area is 153 Å². The minimum atomic E-state index is -0.424. The SMILES string of the molecule is C1=Cc2c3c(ccc2=[C]1[Ti][C]1=CC=C2N=c4ccccc4=C21)=CCO3. The minimum absolute atomic E-state index is 0.424. The van der Waals surface area contributed by atoms with Gasteiger partial charge in [-0.05, 0) is 0 Å². The van der Waals surface area contributed by atoms with E-state index in [0.29, 0.717) is 6.61 Å². The summed E-state index contributed by atoms with van der Waals surface area (Å²) in [5.74, 6) is 1.06. The molecule has 0 atom stereocenters. The van der Waals surface area contributed by atoms with Crippen molar-refractivity contribution in [3.8, 4) is 5.75 Å². The Balaban J connectivity index is 1.49. The second kappa shape index (κ2) is 5.04. The molecule has 2 aromatic carbocycles. The predicted molar refractivity (Wildman–Crippen MR) is 94.9 cm³/mol. The van der Waals surface area contributed by atoms with Crippen LogP contribution in [0.5, 0.6) is 5.75 Å². The first kappa shape index (κ1) is 13.8. The van der Waals surface area contributed by atoms with Gasteiger partial charge in [0.05, 0.1) is 0 Å². The van der Waals surface area contributed by atoms with Crippen molar-refractivity contribution in [3.63, 3.8) is 0 Å².